The molecule has 0 bridgehead atoms. The Balaban J connectivity index is 2.17. The SMILES string of the molecule is CCC(CC)(C(O)Cc1ccc(Cl)c(Cl)c1)N1CCCC1. The molecule has 2 rings (SSSR count). The molecular weight excluding hydrogens is 305 g/mol. The van der Waals surface area contributed by atoms with Gasteiger partial charge in [-0.15, -0.1) is 0 Å². The maximum absolute atomic E-state index is 10.9. The van der Waals surface area contributed by atoms with E-state index >= 15 is 0 Å². The van der Waals surface area contributed by atoms with Gasteiger partial charge >= 0.3 is 0 Å². The van der Waals surface area contributed by atoms with Gasteiger partial charge in [0.15, 0.2) is 0 Å². The second kappa shape index (κ2) is 7.32. The molecule has 1 aromatic carbocycles. The van der Waals surface area contributed by atoms with Gasteiger partial charge in [0, 0.05) is 12.0 Å². The highest BCUT2D eigenvalue weighted by Gasteiger charge is 2.41. The summed E-state index contributed by atoms with van der Waals surface area (Å²) in [5.41, 5.74) is 0.921. The summed E-state index contributed by atoms with van der Waals surface area (Å²) in [4.78, 5) is 2.48. The van der Waals surface area contributed by atoms with Crippen molar-refractivity contribution in [3.8, 4) is 0 Å². The maximum Gasteiger partial charge on any atom is 0.0763 e. The average Bonchev–Trinajstić information content (AvgIpc) is 3.00. The third-order valence-corrected chi connectivity index (χ3v) is 5.73. The van der Waals surface area contributed by atoms with Gasteiger partial charge in [0.25, 0.3) is 0 Å². The third kappa shape index (κ3) is 3.56. The highest BCUT2D eigenvalue weighted by molar-refractivity contribution is 6.42. The fourth-order valence-electron chi connectivity index (χ4n) is 3.62. The lowest BCUT2D eigenvalue weighted by Gasteiger charge is -2.44. The Labute approximate surface area is 138 Å². The molecule has 0 aromatic heterocycles. The standard InChI is InChI=1S/C17H25Cl2NO/c1-3-17(4-2,20-9-5-6-10-20)16(21)12-13-7-8-14(18)15(19)11-13/h7-8,11,16,21H,3-6,9-10,12H2,1-2H3. The molecule has 1 saturated heterocycles. The lowest BCUT2D eigenvalue weighted by Crippen LogP contribution is -2.55. The van der Waals surface area contributed by atoms with Gasteiger partial charge in [-0.1, -0.05) is 43.1 Å². The van der Waals surface area contributed by atoms with Gasteiger partial charge in [0.2, 0.25) is 0 Å². The normalized spacial score (nSPS) is 18.1. The number of nitrogens with zero attached hydrogens (tertiary/aromatic N) is 1. The molecule has 1 fully saturated rings. The van der Waals surface area contributed by atoms with Gasteiger partial charge in [-0.25, -0.2) is 0 Å². The van der Waals surface area contributed by atoms with Crippen LogP contribution in [0.2, 0.25) is 10.0 Å². The quantitative estimate of drug-likeness (QED) is 0.827. The number of benzene rings is 1. The zero-order valence-corrected chi connectivity index (χ0v) is 14.4. The number of aliphatic hydroxyl groups is 1. The van der Waals surface area contributed by atoms with Crippen LogP contribution in [0.5, 0.6) is 0 Å². The van der Waals surface area contributed by atoms with Crippen molar-refractivity contribution in [3.63, 3.8) is 0 Å². The van der Waals surface area contributed by atoms with Crippen molar-refractivity contribution in [3.05, 3.63) is 33.8 Å². The summed E-state index contributed by atoms with van der Waals surface area (Å²) in [6, 6.07) is 5.63. The van der Waals surface area contributed by atoms with Crippen molar-refractivity contribution in [2.75, 3.05) is 13.1 Å². The van der Waals surface area contributed by atoms with Crippen LogP contribution < -0.4 is 0 Å². The monoisotopic (exact) mass is 329 g/mol. The Hall–Kier alpha value is -0.280. The summed E-state index contributed by atoms with van der Waals surface area (Å²) in [7, 11) is 0. The summed E-state index contributed by atoms with van der Waals surface area (Å²) in [5, 5.41) is 12.0. The van der Waals surface area contributed by atoms with E-state index in [0.29, 0.717) is 16.5 Å². The summed E-state index contributed by atoms with van der Waals surface area (Å²) in [5.74, 6) is 0. The summed E-state index contributed by atoms with van der Waals surface area (Å²) in [6.45, 7) is 6.56. The van der Waals surface area contributed by atoms with Crippen LogP contribution >= 0.6 is 23.2 Å². The number of rotatable bonds is 6. The zero-order chi connectivity index (χ0) is 15.5. The molecule has 1 atom stereocenters. The van der Waals surface area contributed by atoms with E-state index in [2.05, 4.69) is 18.7 Å². The van der Waals surface area contributed by atoms with Crippen LogP contribution in [0.3, 0.4) is 0 Å². The molecule has 1 N–H and O–H groups in total. The molecular formula is C17H25Cl2NO. The van der Waals surface area contributed by atoms with Crippen LogP contribution in [-0.2, 0) is 6.42 Å². The minimum absolute atomic E-state index is 0.122. The minimum Gasteiger partial charge on any atom is -0.391 e. The van der Waals surface area contributed by atoms with E-state index in [1.807, 2.05) is 12.1 Å². The largest absolute Gasteiger partial charge is 0.391 e. The molecule has 1 heterocycles. The van der Waals surface area contributed by atoms with E-state index in [9.17, 15) is 5.11 Å². The van der Waals surface area contributed by atoms with E-state index in [1.54, 1.807) is 6.07 Å². The van der Waals surface area contributed by atoms with Crippen molar-refractivity contribution in [2.45, 2.75) is 57.6 Å². The van der Waals surface area contributed by atoms with Gasteiger partial charge in [0.1, 0.15) is 0 Å². The highest BCUT2D eigenvalue weighted by Crippen LogP contribution is 2.33. The van der Waals surface area contributed by atoms with Gasteiger partial charge in [-0.2, -0.15) is 0 Å². The number of halogens is 2. The highest BCUT2D eigenvalue weighted by atomic mass is 35.5. The molecule has 21 heavy (non-hydrogen) atoms. The first kappa shape index (κ1) is 17.1. The molecule has 0 aliphatic carbocycles. The second-order valence-corrected chi connectivity index (χ2v) is 6.79. The first-order valence-corrected chi connectivity index (χ1v) is 8.66. The Morgan fingerprint density at radius 3 is 2.29 bits per heavy atom. The summed E-state index contributed by atoms with van der Waals surface area (Å²) < 4.78 is 0. The van der Waals surface area contributed by atoms with Crippen molar-refractivity contribution < 1.29 is 5.11 Å². The maximum atomic E-state index is 10.9. The topological polar surface area (TPSA) is 23.5 Å². The van der Waals surface area contributed by atoms with E-state index in [1.165, 1.54) is 12.8 Å². The fraction of sp³-hybridized carbons (Fsp3) is 0.647. The Bertz CT molecular complexity index is 468. The molecule has 2 nitrogen and oxygen atoms in total. The van der Waals surface area contributed by atoms with Gasteiger partial charge in [0.05, 0.1) is 16.1 Å². The number of aliphatic hydroxyl groups excluding tert-OH is 1. The second-order valence-electron chi connectivity index (χ2n) is 5.97. The predicted octanol–water partition coefficient (Wildman–Crippen LogP) is 4.55. The van der Waals surface area contributed by atoms with Crippen molar-refractivity contribution in [2.24, 2.45) is 0 Å². The van der Waals surface area contributed by atoms with Crippen LogP contribution in [0, 0.1) is 0 Å². The molecule has 1 unspecified atom stereocenters. The smallest absolute Gasteiger partial charge is 0.0763 e. The molecule has 118 valence electrons. The first-order valence-electron chi connectivity index (χ1n) is 7.90. The number of hydrogen-bond acceptors (Lipinski definition) is 2. The molecule has 0 spiro atoms. The van der Waals surface area contributed by atoms with Gasteiger partial charge in [-0.05, 0) is 56.5 Å². The Morgan fingerprint density at radius 1 is 1.14 bits per heavy atom. The summed E-state index contributed by atoms with van der Waals surface area (Å²) >= 11 is 12.0. The predicted molar refractivity (Wildman–Crippen MR) is 90.3 cm³/mol. The first-order chi connectivity index (χ1) is 10.0. The molecule has 1 aliphatic rings. The van der Waals surface area contributed by atoms with Gasteiger partial charge in [-0.3, -0.25) is 4.90 Å². The molecule has 4 heteroatoms. The lowest BCUT2D eigenvalue weighted by molar-refractivity contribution is -0.0269. The van der Waals surface area contributed by atoms with Crippen LogP contribution in [0.4, 0.5) is 0 Å². The minimum atomic E-state index is -0.386. The zero-order valence-electron chi connectivity index (χ0n) is 12.9. The fourth-order valence-corrected chi connectivity index (χ4v) is 3.94. The number of hydrogen-bond donors (Lipinski definition) is 1. The van der Waals surface area contributed by atoms with Crippen LogP contribution in [0.25, 0.3) is 0 Å². The Morgan fingerprint density at radius 2 is 1.76 bits per heavy atom. The molecule has 1 aliphatic heterocycles. The molecule has 1 aromatic rings. The molecule has 0 saturated carbocycles. The van der Waals surface area contributed by atoms with Crippen LogP contribution in [0.1, 0.15) is 45.1 Å². The third-order valence-electron chi connectivity index (χ3n) is 4.99. The van der Waals surface area contributed by atoms with Crippen molar-refractivity contribution in [1.29, 1.82) is 0 Å². The van der Waals surface area contributed by atoms with Crippen molar-refractivity contribution >= 4 is 23.2 Å². The van der Waals surface area contributed by atoms with E-state index < -0.39 is 0 Å². The van der Waals surface area contributed by atoms with E-state index in [4.69, 9.17) is 23.2 Å². The molecule has 0 amide bonds. The van der Waals surface area contributed by atoms with Crippen LogP contribution in [0.15, 0.2) is 18.2 Å². The Kier molecular flexibility index (Phi) is 5.96. The lowest BCUT2D eigenvalue weighted by atomic mass is 9.82. The number of likely N-dealkylation sites (tertiary alicyclic amines) is 1. The van der Waals surface area contributed by atoms with E-state index in [-0.39, 0.29) is 11.6 Å². The van der Waals surface area contributed by atoms with E-state index in [0.717, 1.165) is 31.5 Å². The van der Waals surface area contributed by atoms with Crippen molar-refractivity contribution in [1.82, 2.24) is 4.90 Å². The average molecular weight is 330 g/mol. The van der Waals surface area contributed by atoms with Crippen LogP contribution in [-0.4, -0.2) is 34.7 Å². The molecule has 0 radical (unpaired) electrons. The van der Waals surface area contributed by atoms with Gasteiger partial charge < -0.3 is 5.11 Å². The summed E-state index contributed by atoms with van der Waals surface area (Å²) in [6.07, 6.45) is 4.64.